The zero-order valence-electron chi connectivity index (χ0n) is 15.1. The Morgan fingerprint density at radius 1 is 1.17 bits per heavy atom. The summed E-state index contributed by atoms with van der Waals surface area (Å²) in [5, 5.41) is 1.82. The second kappa shape index (κ2) is 8.54. The summed E-state index contributed by atoms with van der Waals surface area (Å²) in [4.78, 5) is 20.0. The average molecular weight is 436 g/mol. The van der Waals surface area contributed by atoms with E-state index in [1.165, 1.54) is 25.3 Å². The fourth-order valence-electron chi connectivity index (χ4n) is 2.41. The van der Waals surface area contributed by atoms with Gasteiger partial charge >= 0.3 is 0 Å². The van der Waals surface area contributed by atoms with Crippen molar-refractivity contribution in [1.29, 1.82) is 0 Å². The molecule has 0 saturated heterocycles. The van der Waals surface area contributed by atoms with Crippen LogP contribution in [-0.4, -0.2) is 31.4 Å². The maximum absolute atomic E-state index is 13.8. The van der Waals surface area contributed by atoms with Crippen molar-refractivity contribution in [3.8, 4) is 5.75 Å². The van der Waals surface area contributed by atoms with Gasteiger partial charge in [-0.3, -0.25) is 4.79 Å². The van der Waals surface area contributed by atoms with Gasteiger partial charge in [0.05, 0.1) is 24.1 Å². The molecular weight excluding hydrogens is 421 g/mol. The van der Waals surface area contributed by atoms with Crippen LogP contribution >= 0.6 is 11.6 Å². The van der Waals surface area contributed by atoms with Gasteiger partial charge in [0.15, 0.2) is 5.69 Å². The van der Waals surface area contributed by atoms with Crippen LogP contribution in [0.25, 0.3) is 0 Å². The van der Waals surface area contributed by atoms with Gasteiger partial charge in [0, 0.05) is 11.3 Å². The molecule has 3 aromatic rings. The van der Waals surface area contributed by atoms with Crippen LogP contribution in [-0.2, 0) is 15.6 Å². The van der Waals surface area contributed by atoms with Crippen LogP contribution < -0.4 is 10.1 Å². The molecule has 0 bridgehead atoms. The minimum Gasteiger partial charge on any atom is -0.497 e. The van der Waals surface area contributed by atoms with Gasteiger partial charge in [0.1, 0.15) is 11.6 Å². The second-order valence-electron chi connectivity index (χ2n) is 5.88. The minimum atomic E-state index is -4.11. The standard InChI is InChI=1S/C19H15ClFN3O4S/c1-28-14-8-6-13(7-9-14)23-18(25)17-15(20)10-22-19(24-17)29(26,27)11-12-4-2-3-5-16(12)21/h2-10H,11H2,1H3,(H,23,25). The molecule has 150 valence electrons. The van der Waals surface area contributed by atoms with Crippen molar-refractivity contribution in [1.82, 2.24) is 9.97 Å². The smallest absolute Gasteiger partial charge is 0.275 e. The molecule has 1 amide bonds. The number of hydrogen-bond acceptors (Lipinski definition) is 6. The summed E-state index contributed by atoms with van der Waals surface area (Å²) in [6.45, 7) is 0. The van der Waals surface area contributed by atoms with Crippen molar-refractivity contribution < 1.29 is 22.3 Å². The molecule has 0 radical (unpaired) electrons. The molecule has 0 atom stereocenters. The quantitative estimate of drug-likeness (QED) is 0.595. The van der Waals surface area contributed by atoms with Gasteiger partial charge in [-0.15, -0.1) is 0 Å². The Morgan fingerprint density at radius 3 is 2.52 bits per heavy atom. The first-order valence-corrected chi connectivity index (χ1v) is 10.3. The first kappa shape index (κ1) is 20.7. The number of rotatable bonds is 6. The summed E-state index contributed by atoms with van der Waals surface area (Å²) in [6, 6.07) is 11.9. The van der Waals surface area contributed by atoms with Crippen molar-refractivity contribution in [3.05, 3.63) is 76.8 Å². The third kappa shape index (κ3) is 4.87. The van der Waals surface area contributed by atoms with Crippen LogP contribution in [0, 0.1) is 5.82 Å². The molecule has 0 aliphatic heterocycles. The number of carbonyl (C=O) groups is 1. The van der Waals surface area contributed by atoms with Gasteiger partial charge in [0.25, 0.3) is 5.91 Å². The lowest BCUT2D eigenvalue weighted by Crippen LogP contribution is -2.18. The van der Waals surface area contributed by atoms with E-state index in [1.807, 2.05) is 0 Å². The maximum atomic E-state index is 13.8. The highest BCUT2D eigenvalue weighted by atomic mass is 35.5. The van der Waals surface area contributed by atoms with Crippen molar-refractivity contribution in [2.75, 3.05) is 12.4 Å². The SMILES string of the molecule is COc1ccc(NC(=O)c2nc(S(=O)(=O)Cc3ccccc3F)ncc2Cl)cc1. The van der Waals surface area contributed by atoms with Gasteiger partial charge in [-0.05, 0) is 30.3 Å². The topological polar surface area (TPSA) is 98.2 Å². The predicted molar refractivity (Wildman–Crippen MR) is 105 cm³/mol. The fraction of sp³-hybridized carbons (Fsp3) is 0.105. The summed E-state index contributed by atoms with van der Waals surface area (Å²) in [5.41, 5.74) is 0.0844. The molecule has 3 rings (SSSR count). The molecule has 1 aromatic heterocycles. The molecule has 0 spiro atoms. The van der Waals surface area contributed by atoms with Gasteiger partial charge in [-0.1, -0.05) is 29.8 Å². The molecule has 29 heavy (non-hydrogen) atoms. The highest BCUT2D eigenvalue weighted by Gasteiger charge is 2.24. The lowest BCUT2D eigenvalue weighted by atomic mass is 10.2. The van der Waals surface area contributed by atoms with E-state index in [-0.39, 0.29) is 16.3 Å². The van der Waals surface area contributed by atoms with Gasteiger partial charge in [-0.25, -0.2) is 22.8 Å². The van der Waals surface area contributed by atoms with Gasteiger partial charge in [-0.2, -0.15) is 0 Å². The number of halogens is 2. The molecule has 7 nitrogen and oxygen atoms in total. The van der Waals surface area contributed by atoms with Crippen LogP contribution in [0.4, 0.5) is 10.1 Å². The summed E-state index contributed by atoms with van der Waals surface area (Å²) in [5.74, 6) is -1.43. The minimum absolute atomic E-state index is 0.0321. The number of anilines is 1. The number of ether oxygens (including phenoxy) is 1. The predicted octanol–water partition coefficient (Wildman–Crippen LogP) is 3.50. The van der Waals surface area contributed by atoms with E-state index in [4.69, 9.17) is 16.3 Å². The Bertz CT molecular complexity index is 1150. The van der Waals surface area contributed by atoms with E-state index in [1.54, 1.807) is 24.3 Å². The van der Waals surface area contributed by atoms with E-state index >= 15 is 0 Å². The molecule has 0 unspecified atom stereocenters. The van der Waals surface area contributed by atoms with Crippen LogP contribution in [0.1, 0.15) is 16.1 Å². The molecule has 1 heterocycles. The van der Waals surface area contributed by atoms with Crippen LogP contribution in [0.3, 0.4) is 0 Å². The number of nitrogens with one attached hydrogen (secondary N) is 1. The first-order valence-electron chi connectivity index (χ1n) is 8.24. The summed E-state index contributed by atoms with van der Waals surface area (Å²) in [6.07, 6.45) is 1.02. The molecular formula is C19H15ClFN3O4S. The van der Waals surface area contributed by atoms with Crippen molar-refractivity contribution in [3.63, 3.8) is 0 Å². The molecule has 10 heteroatoms. The number of aromatic nitrogens is 2. The van der Waals surface area contributed by atoms with Crippen molar-refractivity contribution in [2.24, 2.45) is 0 Å². The molecule has 0 fully saturated rings. The Morgan fingerprint density at radius 2 is 1.86 bits per heavy atom. The van der Waals surface area contributed by atoms with Crippen molar-refractivity contribution >= 4 is 33.0 Å². The number of carbonyl (C=O) groups excluding carboxylic acids is 1. The van der Waals surface area contributed by atoms with E-state index in [9.17, 15) is 17.6 Å². The number of hydrogen-bond donors (Lipinski definition) is 1. The summed E-state index contributed by atoms with van der Waals surface area (Å²) < 4.78 is 44.0. The van der Waals surface area contributed by atoms with E-state index in [2.05, 4.69) is 15.3 Å². The Kier molecular flexibility index (Phi) is 6.09. The zero-order chi connectivity index (χ0) is 21.0. The van der Waals surface area contributed by atoms with E-state index in [0.717, 1.165) is 12.3 Å². The van der Waals surface area contributed by atoms with Crippen LogP contribution in [0.2, 0.25) is 5.02 Å². The van der Waals surface area contributed by atoms with E-state index in [0.29, 0.717) is 11.4 Å². The lowest BCUT2D eigenvalue weighted by molar-refractivity contribution is 0.102. The number of methoxy groups -OCH3 is 1. The second-order valence-corrected chi connectivity index (χ2v) is 8.17. The lowest BCUT2D eigenvalue weighted by Gasteiger charge is -2.09. The number of amides is 1. The Labute approximate surface area is 171 Å². The van der Waals surface area contributed by atoms with Gasteiger partial charge in [0.2, 0.25) is 15.0 Å². The van der Waals surface area contributed by atoms with Crippen molar-refractivity contribution in [2.45, 2.75) is 10.9 Å². The molecule has 0 aliphatic carbocycles. The number of sulfone groups is 1. The summed E-state index contributed by atoms with van der Waals surface area (Å²) in [7, 11) is -2.60. The summed E-state index contributed by atoms with van der Waals surface area (Å²) >= 11 is 5.98. The highest BCUT2D eigenvalue weighted by molar-refractivity contribution is 7.90. The number of benzene rings is 2. The molecule has 0 aliphatic rings. The molecule has 1 N–H and O–H groups in total. The van der Waals surface area contributed by atoms with E-state index < -0.39 is 32.5 Å². The normalized spacial score (nSPS) is 11.1. The Hall–Kier alpha value is -3.04. The van der Waals surface area contributed by atoms with Crippen LogP contribution in [0.15, 0.2) is 59.9 Å². The highest BCUT2D eigenvalue weighted by Crippen LogP contribution is 2.21. The largest absolute Gasteiger partial charge is 0.497 e. The third-order valence-corrected chi connectivity index (χ3v) is 5.59. The first-order chi connectivity index (χ1) is 13.8. The Balaban J connectivity index is 1.86. The zero-order valence-corrected chi connectivity index (χ0v) is 16.7. The van der Waals surface area contributed by atoms with Gasteiger partial charge < -0.3 is 10.1 Å². The third-order valence-electron chi connectivity index (χ3n) is 3.87. The maximum Gasteiger partial charge on any atom is 0.275 e. The fourth-order valence-corrected chi connectivity index (χ4v) is 3.80. The monoisotopic (exact) mass is 435 g/mol. The molecule has 0 saturated carbocycles. The van der Waals surface area contributed by atoms with Crippen LogP contribution in [0.5, 0.6) is 5.75 Å². The number of nitrogens with zero attached hydrogens (tertiary/aromatic N) is 2. The average Bonchev–Trinajstić information content (AvgIpc) is 2.70. The molecule has 2 aromatic carbocycles.